The Morgan fingerprint density at radius 3 is 2.56 bits per heavy atom. The molecule has 0 bridgehead atoms. The van der Waals surface area contributed by atoms with Crippen LogP contribution in [-0.2, 0) is 11.3 Å². The predicted molar refractivity (Wildman–Crippen MR) is 107 cm³/mol. The summed E-state index contributed by atoms with van der Waals surface area (Å²) < 4.78 is 5.53. The van der Waals surface area contributed by atoms with Crippen molar-refractivity contribution in [3.8, 4) is 0 Å². The quantitative estimate of drug-likeness (QED) is 0.887. The molecule has 1 atom stereocenters. The molecule has 0 unspecified atom stereocenters. The second-order valence-corrected chi connectivity index (χ2v) is 8.61. The summed E-state index contributed by atoms with van der Waals surface area (Å²) in [6, 6.07) is 11.0. The van der Waals surface area contributed by atoms with Gasteiger partial charge in [0.15, 0.2) is 0 Å². The standard InChI is InChI=1S/C22H33N3O2/c26-21(25-13-8-22(9-14-25)10-15-27-16-11-22)23-20-7-4-12-24(18-20)17-19-5-2-1-3-6-19/h1-3,5-6,20H,4,7-18H2,(H,23,26)/t20-/m1/s1. The van der Waals surface area contributed by atoms with Gasteiger partial charge in [-0.25, -0.2) is 4.79 Å². The Morgan fingerprint density at radius 2 is 1.81 bits per heavy atom. The first-order valence-electron chi connectivity index (χ1n) is 10.6. The zero-order chi connectivity index (χ0) is 18.5. The molecule has 27 heavy (non-hydrogen) atoms. The number of carbonyl (C=O) groups excluding carboxylic acids is 1. The average Bonchev–Trinajstić information content (AvgIpc) is 2.70. The van der Waals surface area contributed by atoms with E-state index in [0.717, 1.165) is 71.6 Å². The number of carbonyl (C=O) groups is 1. The van der Waals surface area contributed by atoms with Gasteiger partial charge in [0.25, 0.3) is 0 Å². The lowest BCUT2D eigenvalue weighted by atomic mass is 9.72. The summed E-state index contributed by atoms with van der Waals surface area (Å²) in [6.07, 6.45) is 6.84. The first-order valence-corrected chi connectivity index (χ1v) is 10.6. The summed E-state index contributed by atoms with van der Waals surface area (Å²) in [4.78, 5) is 17.3. The molecule has 4 rings (SSSR count). The molecule has 3 fully saturated rings. The van der Waals surface area contributed by atoms with Crippen LogP contribution < -0.4 is 5.32 Å². The number of urea groups is 1. The number of benzene rings is 1. The smallest absolute Gasteiger partial charge is 0.317 e. The molecular weight excluding hydrogens is 338 g/mol. The lowest BCUT2D eigenvalue weighted by molar-refractivity contribution is -0.0147. The summed E-state index contributed by atoms with van der Waals surface area (Å²) in [5.41, 5.74) is 1.79. The molecule has 0 saturated carbocycles. The largest absolute Gasteiger partial charge is 0.381 e. The van der Waals surface area contributed by atoms with Gasteiger partial charge in [0.1, 0.15) is 0 Å². The SMILES string of the molecule is O=C(N[C@@H]1CCCN(Cc2ccccc2)C1)N1CCC2(CCOCC2)CC1. The molecule has 5 heteroatoms. The van der Waals surface area contributed by atoms with Gasteiger partial charge in [0.2, 0.25) is 0 Å². The van der Waals surface area contributed by atoms with Crippen molar-refractivity contribution in [2.75, 3.05) is 39.4 Å². The molecule has 148 valence electrons. The van der Waals surface area contributed by atoms with E-state index in [2.05, 4.69) is 40.5 Å². The van der Waals surface area contributed by atoms with E-state index in [1.807, 2.05) is 4.90 Å². The van der Waals surface area contributed by atoms with Crippen LogP contribution in [0.1, 0.15) is 44.1 Å². The van der Waals surface area contributed by atoms with E-state index in [4.69, 9.17) is 4.74 Å². The highest BCUT2D eigenvalue weighted by Crippen LogP contribution is 2.40. The number of hydrogen-bond acceptors (Lipinski definition) is 3. The van der Waals surface area contributed by atoms with Crippen LogP contribution in [0.2, 0.25) is 0 Å². The maximum atomic E-state index is 12.8. The van der Waals surface area contributed by atoms with E-state index in [0.29, 0.717) is 5.41 Å². The van der Waals surface area contributed by atoms with Gasteiger partial charge in [0.05, 0.1) is 0 Å². The van der Waals surface area contributed by atoms with Crippen molar-refractivity contribution in [3.05, 3.63) is 35.9 Å². The van der Waals surface area contributed by atoms with Crippen molar-refractivity contribution < 1.29 is 9.53 Å². The Hall–Kier alpha value is -1.59. The minimum atomic E-state index is 0.142. The van der Waals surface area contributed by atoms with Crippen LogP contribution in [0.3, 0.4) is 0 Å². The summed E-state index contributed by atoms with van der Waals surface area (Å²) in [6.45, 7) is 6.63. The van der Waals surface area contributed by atoms with Gasteiger partial charge in [-0.05, 0) is 56.0 Å². The topological polar surface area (TPSA) is 44.8 Å². The molecule has 5 nitrogen and oxygen atoms in total. The van der Waals surface area contributed by atoms with Gasteiger partial charge in [0, 0.05) is 45.4 Å². The minimum absolute atomic E-state index is 0.142. The molecule has 0 aromatic heterocycles. The first kappa shape index (κ1) is 18.8. The molecule has 3 heterocycles. The number of amides is 2. The van der Waals surface area contributed by atoms with Crippen molar-refractivity contribution >= 4 is 6.03 Å². The number of nitrogens with one attached hydrogen (secondary N) is 1. The Balaban J connectivity index is 1.24. The fourth-order valence-corrected chi connectivity index (χ4v) is 4.91. The highest BCUT2D eigenvalue weighted by atomic mass is 16.5. The number of nitrogens with zero attached hydrogens (tertiary/aromatic N) is 2. The van der Waals surface area contributed by atoms with Crippen LogP contribution in [-0.4, -0.2) is 61.3 Å². The molecular formula is C22H33N3O2. The van der Waals surface area contributed by atoms with E-state index in [-0.39, 0.29) is 12.1 Å². The lowest BCUT2D eigenvalue weighted by Crippen LogP contribution is -2.54. The van der Waals surface area contributed by atoms with Crippen molar-refractivity contribution in [1.29, 1.82) is 0 Å². The lowest BCUT2D eigenvalue weighted by Gasteiger charge is -2.44. The highest BCUT2D eigenvalue weighted by Gasteiger charge is 2.37. The first-order chi connectivity index (χ1) is 13.2. The van der Waals surface area contributed by atoms with Gasteiger partial charge in [-0.3, -0.25) is 4.90 Å². The summed E-state index contributed by atoms with van der Waals surface area (Å²) in [7, 11) is 0. The number of rotatable bonds is 3. The van der Waals surface area contributed by atoms with Gasteiger partial charge < -0.3 is 15.0 Å². The molecule has 3 aliphatic rings. The van der Waals surface area contributed by atoms with Crippen LogP contribution in [0.5, 0.6) is 0 Å². The van der Waals surface area contributed by atoms with Gasteiger partial charge >= 0.3 is 6.03 Å². The average molecular weight is 372 g/mol. The minimum Gasteiger partial charge on any atom is -0.381 e. The molecule has 3 saturated heterocycles. The highest BCUT2D eigenvalue weighted by molar-refractivity contribution is 5.74. The van der Waals surface area contributed by atoms with Crippen molar-refractivity contribution in [3.63, 3.8) is 0 Å². The van der Waals surface area contributed by atoms with E-state index in [1.54, 1.807) is 0 Å². The van der Waals surface area contributed by atoms with E-state index in [9.17, 15) is 4.79 Å². The van der Waals surface area contributed by atoms with Gasteiger partial charge in [-0.15, -0.1) is 0 Å². The van der Waals surface area contributed by atoms with Crippen LogP contribution in [0.4, 0.5) is 4.79 Å². The van der Waals surface area contributed by atoms with Crippen LogP contribution in [0, 0.1) is 5.41 Å². The molecule has 3 aliphatic heterocycles. The Kier molecular flexibility index (Phi) is 5.98. The van der Waals surface area contributed by atoms with E-state index in [1.165, 1.54) is 18.4 Å². The maximum Gasteiger partial charge on any atom is 0.317 e. The van der Waals surface area contributed by atoms with Crippen molar-refractivity contribution in [1.82, 2.24) is 15.1 Å². The number of hydrogen-bond donors (Lipinski definition) is 1. The molecule has 1 spiro atoms. The third kappa shape index (κ3) is 4.82. The number of piperidine rings is 2. The summed E-state index contributed by atoms with van der Waals surface area (Å²) in [5.74, 6) is 0. The summed E-state index contributed by atoms with van der Waals surface area (Å²) >= 11 is 0. The summed E-state index contributed by atoms with van der Waals surface area (Å²) in [5, 5.41) is 3.32. The molecule has 1 aromatic carbocycles. The molecule has 2 amide bonds. The molecule has 0 aliphatic carbocycles. The van der Waals surface area contributed by atoms with Gasteiger partial charge in [-0.1, -0.05) is 30.3 Å². The van der Waals surface area contributed by atoms with Crippen molar-refractivity contribution in [2.45, 2.75) is 51.1 Å². The normalized spacial score (nSPS) is 26.1. The Morgan fingerprint density at radius 1 is 1.07 bits per heavy atom. The maximum absolute atomic E-state index is 12.8. The monoisotopic (exact) mass is 371 g/mol. The van der Waals surface area contributed by atoms with E-state index < -0.39 is 0 Å². The van der Waals surface area contributed by atoms with Crippen LogP contribution >= 0.6 is 0 Å². The molecule has 0 radical (unpaired) electrons. The zero-order valence-electron chi connectivity index (χ0n) is 16.4. The predicted octanol–water partition coefficient (Wildman–Crippen LogP) is 3.25. The second-order valence-electron chi connectivity index (χ2n) is 8.61. The number of likely N-dealkylation sites (tertiary alicyclic amines) is 2. The Bertz CT molecular complexity index is 605. The third-order valence-electron chi connectivity index (χ3n) is 6.75. The van der Waals surface area contributed by atoms with E-state index >= 15 is 0 Å². The fourth-order valence-electron chi connectivity index (χ4n) is 4.91. The molecule has 1 N–H and O–H groups in total. The Labute approximate surface area is 163 Å². The second kappa shape index (κ2) is 8.61. The van der Waals surface area contributed by atoms with Crippen LogP contribution in [0.25, 0.3) is 0 Å². The van der Waals surface area contributed by atoms with Crippen LogP contribution in [0.15, 0.2) is 30.3 Å². The van der Waals surface area contributed by atoms with Gasteiger partial charge in [-0.2, -0.15) is 0 Å². The number of ether oxygens (including phenoxy) is 1. The fraction of sp³-hybridized carbons (Fsp3) is 0.682. The third-order valence-corrected chi connectivity index (χ3v) is 6.75. The van der Waals surface area contributed by atoms with Crippen molar-refractivity contribution in [2.24, 2.45) is 5.41 Å². The molecule has 1 aromatic rings. The zero-order valence-corrected chi connectivity index (χ0v) is 16.4.